The molecule has 0 radical (unpaired) electrons. The Hall–Kier alpha value is -0.940. The third-order valence-corrected chi connectivity index (χ3v) is 1.89. The molecule has 16 heavy (non-hydrogen) atoms. The summed E-state index contributed by atoms with van der Waals surface area (Å²) in [7, 11) is 0. The first-order valence-electron chi connectivity index (χ1n) is 4.48. The van der Waals surface area contributed by atoms with Crippen molar-refractivity contribution in [1.29, 1.82) is 0 Å². The topological polar surface area (TPSA) is 18.5 Å². The van der Waals surface area contributed by atoms with Gasteiger partial charge in [0.25, 0.3) is 0 Å². The third kappa shape index (κ3) is 4.28. The summed E-state index contributed by atoms with van der Waals surface area (Å²) in [6.07, 6.45) is -4.36. The fraction of sp³-hybridized carbons (Fsp3) is 0.400. The molecule has 0 atom stereocenters. The lowest BCUT2D eigenvalue weighted by atomic mass is 10.2. The van der Waals surface area contributed by atoms with Crippen LogP contribution in [0.4, 0.5) is 13.2 Å². The van der Waals surface area contributed by atoms with Crippen molar-refractivity contribution in [2.45, 2.75) is 6.18 Å². The summed E-state index contributed by atoms with van der Waals surface area (Å²) in [5.41, 5.74) is -0.733. The van der Waals surface area contributed by atoms with Crippen LogP contribution in [0.3, 0.4) is 0 Å². The summed E-state index contributed by atoms with van der Waals surface area (Å²) in [6.45, 7) is 0.397. The van der Waals surface area contributed by atoms with Gasteiger partial charge in [-0.1, -0.05) is 17.7 Å². The predicted molar refractivity (Wildman–Crippen MR) is 53.6 cm³/mol. The monoisotopic (exact) mass is 254 g/mol. The molecular weight excluding hydrogens is 245 g/mol. The SMILES string of the molecule is FC(F)(F)c1cccc(OCCOCCl)c1. The molecule has 90 valence electrons. The highest BCUT2D eigenvalue weighted by Gasteiger charge is 2.30. The molecule has 1 rings (SSSR count). The van der Waals surface area contributed by atoms with Crippen LogP contribution in [0.5, 0.6) is 5.75 Å². The van der Waals surface area contributed by atoms with Gasteiger partial charge in [-0.15, -0.1) is 0 Å². The first kappa shape index (κ1) is 13.1. The molecule has 0 aliphatic heterocycles. The highest BCUT2D eigenvalue weighted by atomic mass is 35.5. The van der Waals surface area contributed by atoms with Gasteiger partial charge in [-0.3, -0.25) is 0 Å². The van der Waals surface area contributed by atoms with Gasteiger partial charge in [-0.25, -0.2) is 0 Å². The van der Waals surface area contributed by atoms with Crippen molar-refractivity contribution in [3.63, 3.8) is 0 Å². The second kappa shape index (κ2) is 5.96. The lowest BCUT2D eigenvalue weighted by Gasteiger charge is -2.09. The molecule has 1 aromatic carbocycles. The van der Waals surface area contributed by atoms with Crippen molar-refractivity contribution in [2.75, 3.05) is 19.3 Å². The summed E-state index contributed by atoms with van der Waals surface area (Å²) in [6, 6.07) is 4.71. The van der Waals surface area contributed by atoms with Gasteiger partial charge in [-0.2, -0.15) is 13.2 Å². The minimum absolute atomic E-state index is 0.0337. The number of rotatable bonds is 5. The highest BCUT2D eigenvalue weighted by molar-refractivity contribution is 6.17. The lowest BCUT2D eigenvalue weighted by molar-refractivity contribution is -0.137. The summed E-state index contributed by atoms with van der Waals surface area (Å²) >= 11 is 5.24. The zero-order chi connectivity index (χ0) is 12.0. The molecule has 0 spiro atoms. The molecule has 0 aromatic heterocycles. The molecule has 0 saturated carbocycles. The summed E-state index contributed by atoms with van der Waals surface area (Å²) in [4.78, 5) is 0. The van der Waals surface area contributed by atoms with Crippen LogP contribution in [0.15, 0.2) is 24.3 Å². The van der Waals surface area contributed by atoms with E-state index in [9.17, 15) is 13.2 Å². The molecule has 0 aliphatic rings. The molecule has 0 saturated heterocycles. The Bertz CT molecular complexity index is 328. The first-order chi connectivity index (χ1) is 7.54. The van der Waals surface area contributed by atoms with E-state index in [0.29, 0.717) is 0 Å². The van der Waals surface area contributed by atoms with E-state index in [0.717, 1.165) is 12.1 Å². The molecule has 1 aromatic rings. The second-order valence-electron chi connectivity index (χ2n) is 2.89. The van der Waals surface area contributed by atoms with Gasteiger partial charge in [0.1, 0.15) is 18.4 Å². The van der Waals surface area contributed by atoms with E-state index in [1.54, 1.807) is 0 Å². The molecule has 2 nitrogen and oxygen atoms in total. The van der Waals surface area contributed by atoms with Crippen LogP contribution in [0.2, 0.25) is 0 Å². The second-order valence-corrected chi connectivity index (χ2v) is 3.11. The van der Waals surface area contributed by atoms with Crippen molar-refractivity contribution in [2.24, 2.45) is 0 Å². The first-order valence-corrected chi connectivity index (χ1v) is 5.01. The van der Waals surface area contributed by atoms with Crippen molar-refractivity contribution in [3.8, 4) is 5.75 Å². The summed E-state index contributed by atoms with van der Waals surface area (Å²) in [5.74, 6) is 0.160. The minimum atomic E-state index is -4.36. The normalized spacial score (nSPS) is 11.5. The van der Waals surface area contributed by atoms with E-state index in [1.807, 2.05) is 0 Å². The molecule has 0 amide bonds. The quantitative estimate of drug-likeness (QED) is 0.593. The summed E-state index contributed by atoms with van der Waals surface area (Å²) in [5, 5.41) is 0. The average molecular weight is 255 g/mol. The van der Waals surface area contributed by atoms with E-state index in [4.69, 9.17) is 21.1 Å². The molecule has 0 N–H and O–H groups in total. The van der Waals surface area contributed by atoms with E-state index < -0.39 is 11.7 Å². The van der Waals surface area contributed by atoms with Crippen LogP contribution in [-0.2, 0) is 10.9 Å². The molecule has 0 unspecified atom stereocenters. The summed E-state index contributed by atoms with van der Waals surface area (Å²) < 4.78 is 46.8. The Morgan fingerprint density at radius 1 is 1.19 bits per heavy atom. The molecular formula is C10H10ClF3O2. The Morgan fingerprint density at radius 2 is 1.94 bits per heavy atom. The van der Waals surface area contributed by atoms with E-state index in [-0.39, 0.29) is 25.0 Å². The fourth-order valence-corrected chi connectivity index (χ4v) is 1.14. The Morgan fingerprint density at radius 3 is 2.56 bits per heavy atom. The van der Waals surface area contributed by atoms with Gasteiger partial charge in [0.15, 0.2) is 0 Å². The van der Waals surface area contributed by atoms with Gasteiger partial charge in [0.2, 0.25) is 0 Å². The zero-order valence-electron chi connectivity index (χ0n) is 8.26. The number of alkyl halides is 4. The lowest BCUT2D eigenvalue weighted by Crippen LogP contribution is -2.08. The minimum Gasteiger partial charge on any atom is -0.491 e. The number of benzene rings is 1. The third-order valence-electron chi connectivity index (χ3n) is 1.73. The van der Waals surface area contributed by atoms with Gasteiger partial charge >= 0.3 is 6.18 Å². The van der Waals surface area contributed by atoms with E-state index in [2.05, 4.69) is 0 Å². The maximum Gasteiger partial charge on any atom is 0.416 e. The highest BCUT2D eigenvalue weighted by Crippen LogP contribution is 2.31. The molecule has 6 heteroatoms. The Labute approximate surface area is 95.9 Å². The van der Waals surface area contributed by atoms with Crippen molar-refractivity contribution < 1.29 is 22.6 Å². The molecule has 0 bridgehead atoms. The van der Waals surface area contributed by atoms with Crippen molar-refractivity contribution >= 4 is 11.6 Å². The Kier molecular flexibility index (Phi) is 4.89. The van der Waals surface area contributed by atoms with Gasteiger partial charge in [-0.05, 0) is 18.2 Å². The number of hydrogen-bond donors (Lipinski definition) is 0. The van der Waals surface area contributed by atoms with Gasteiger partial charge in [0, 0.05) is 0 Å². The number of hydrogen-bond acceptors (Lipinski definition) is 2. The standard InChI is InChI=1S/C10H10ClF3O2/c11-7-15-4-5-16-9-3-1-2-8(6-9)10(12,13)14/h1-3,6H,4-5,7H2. The van der Waals surface area contributed by atoms with E-state index >= 15 is 0 Å². The van der Waals surface area contributed by atoms with Crippen LogP contribution in [0, 0.1) is 0 Å². The average Bonchev–Trinajstić information content (AvgIpc) is 2.24. The van der Waals surface area contributed by atoms with Crippen molar-refractivity contribution in [1.82, 2.24) is 0 Å². The van der Waals surface area contributed by atoms with Crippen molar-refractivity contribution in [3.05, 3.63) is 29.8 Å². The maximum absolute atomic E-state index is 12.3. The molecule has 0 heterocycles. The number of halogens is 4. The predicted octanol–water partition coefficient (Wildman–Crippen LogP) is 3.30. The molecule has 0 aliphatic carbocycles. The number of ether oxygens (including phenoxy) is 2. The van der Waals surface area contributed by atoms with Gasteiger partial charge < -0.3 is 9.47 Å². The Balaban J connectivity index is 2.54. The smallest absolute Gasteiger partial charge is 0.416 e. The molecule has 0 fully saturated rings. The van der Waals surface area contributed by atoms with E-state index in [1.165, 1.54) is 12.1 Å². The largest absolute Gasteiger partial charge is 0.491 e. The van der Waals surface area contributed by atoms with Crippen LogP contribution in [0.1, 0.15) is 5.56 Å². The maximum atomic E-state index is 12.3. The van der Waals surface area contributed by atoms with Crippen LogP contribution in [0.25, 0.3) is 0 Å². The fourth-order valence-electron chi connectivity index (χ4n) is 1.04. The zero-order valence-corrected chi connectivity index (χ0v) is 9.02. The van der Waals surface area contributed by atoms with Crippen LogP contribution < -0.4 is 4.74 Å². The van der Waals surface area contributed by atoms with Gasteiger partial charge in [0.05, 0.1) is 12.2 Å². The van der Waals surface area contributed by atoms with Crippen LogP contribution in [-0.4, -0.2) is 19.3 Å². The van der Waals surface area contributed by atoms with Crippen LogP contribution >= 0.6 is 11.6 Å².